The first kappa shape index (κ1) is 19.7. The second-order valence-corrected chi connectivity index (χ2v) is 7.50. The van der Waals surface area contributed by atoms with Crippen LogP contribution in [0.4, 0.5) is 5.82 Å². The van der Waals surface area contributed by atoms with E-state index in [9.17, 15) is 9.59 Å². The maximum Gasteiger partial charge on any atom is 0.263 e. The number of hydrogen-bond donors (Lipinski definition) is 2. The molecule has 0 radical (unpaired) electrons. The monoisotopic (exact) mass is 445 g/mol. The molecular formula is C22H16ClN7O2. The van der Waals surface area contributed by atoms with Crippen LogP contribution in [-0.4, -0.2) is 35.4 Å². The number of aromatic nitrogens is 6. The minimum absolute atomic E-state index is 0.148. The number of carbonyl (C=O) groups is 1. The quantitative estimate of drug-likeness (QED) is 0.440. The van der Waals surface area contributed by atoms with Gasteiger partial charge in [-0.25, -0.2) is 4.68 Å². The molecule has 32 heavy (non-hydrogen) atoms. The maximum absolute atomic E-state index is 12.7. The number of aryl methyl sites for hydroxylation is 1. The number of amides is 1. The third kappa shape index (κ3) is 3.54. The van der Waals surface area contributed by atoms with Crippen molar-refractivity contribution in [1.29, 1.82) is 0 Å². The molecule has 0 aliphatic heterocycles. The van der Waals surface area contributed by atoms with E-state index in [0.29, 0.717) is 33.1 Å². The SMILES string of the molecule is Cc1cc(NC(=O)c2cccc(Cl)c2)n(-c2nc3c(cnn3-c3ccccc3)c(=O)[nH]2)n1. The first-order valence-corrected chi connectivity index (χ1v) is 10.0. The van der Waals surface area contributed by atoms with Gasteiger partial charge in [0.15, 0.2) is 5.65 Å². The molecule has 2 N–H and O–H groups in total. The maximum atomic E-state index is 12.7. The molecule has 0 bridgehead atoms. The number of nitrogens with zero attached hydrogens (tertiary/aromatic N) is 5. The number of carbonyl (C=O) groups excluding carboxylic acids is 1. The van der Waals surface area contributed by atoms with Gasteiger partial charge in [-0.2, -0.15) is 19.9 Å². The highest BCUT2D eigenvalue weighted by Crippen LogP contribution is 2.19. The topological polar surface area (TPSA) is 110 Å². The molecule has 0 unspecified atom stereocenters. The van der Waals surface area contributed by atoms with Crippen molar-refractivity contribution in [3.63, 3.8) is 0 Å². The van der Waals surface area contributed by atoms with Crippen LogP contribution < -0.4 is 10.9 Å². The van der Waals surface area contributed by atoms with Gasteiger partial charge < -0.3 is 5.32 Å². The Bertz CT molecular complexity index is 1520. The Morgan fingerprint density at radius 1 is 1.06 bits per heavy atom. The number of benzene rings is 2. The van der Waals surface area contributed by atoms with Gasteiger partial charge in [-0.05, 0) is 37.3 Å². The fourth-order valence-corrected chi connectivity index (χ4v) is 3.52. The van der Waals surface area contributed by atoms with Gasteiger partial charge >= 0.3 is 0 Å². The summed E-state index contributed by atoms with van der Waals surface area (Å²) in [6.07, 6.45) is 1.47. The fraction of sp³-hybridized carbons (Fsp3) is 0.0455. The number of nitrogens with one attached hydrogen (secondary N) is 2. The van der Waals surface area contributed by atoms with Crippen LogP contribution in [0.15, 0.2) is 71.7 Å². The van der Waals surface area contributed by atoms with Crippen molar-refractivity contribution in [2.75, 3.05) is 5.32 Å². The number of halogens is 1. The summed E-state index contributed by atoms with van der Waals surface area (Å²) in [5.74, 6) is 0.127. The predicted molar refractivity (Wildman–Crippen MR) is 121 cm³/mol. The standard InChI is InChI=1S/C22H16ClN7O2/c1-13-10-18(25-20(31)14-6-5-7-15(23)11-14)30(28-13)22-26-19-17(21(32)27-22)12-24-29(19)16-8-3-2-4-9-16/h2-12H,1H3,(H,25,31)(H,26,27,32). The number of anilines is 1. The number of aromatic amines is 1. The van der Waals surface area contributed by atoms with E-state index in [4.69, 9.17) is 11.6 Å². The van der Waals surface area contributed by atoms with Crippen LogP contribution in [0, 0.1) is 6.92 Å². The summed E-state index contributed by atoms with van der Waals surface area (Å²) in [6.45, 7) is 1.77. The molecule has 0 aliphatic carbocycles. The highest BCUT2D eigenvalue weighted by molar-refractivity contribution is 6.31. The van der Waals surface area contributed by atoms with E-state index in [1.54, 1.807) is 41.9 Å². The van der Waals surface area contributed by atoms with Gasteiger partial charge in [0.25, 0.3) is 11.5 Å². The van der Waals surface area contributed by atoms with E-state index < -0.39 is 0 Å². The Morgan fingerprint density at radius 3 is 2.66 bits per heavy atom. The molecule has 0 aliphatic rings. The van der Waals surface area contributed by atoms with E-state index in [2.05, 4.69) is 25.5 Å². The second kappa shape index (κ2) is 7.78. The predicted octanol–water partition coefficient (Wildman–Crippen LogP) is 3.51. The van der Waals surface area contributed by atoms with Crippen LogP contribution in [0.25, 0.3) is 22.7 Å². The summed E-state index contributed by atoms with van der Waals surface area (Å²) in [5, 5.41) is 12.3. The summed E-state index contributed by atoms with van der Waals surface area (Å²) in [4.78, 5) is 32.7. The van der Waals surface area contributed by atoms with Gasteiger partial charge in [0.2, 0.25) is 5.95 Å². The normalized spacial score (nSPS) is 11.1. The average Bonchev–Trinajstić information content (AvgIpc) is 3.38. The van der Waals surface area contributed by atoms with Crippen LogP contribution in [-0.2, 0) is 0 Å². The number of para-hydroxylation sites is 1. The summed E-state index contributed by atoms with van der Waals surface area (Å²) in [7, 11) is 0. The molecule has 9 nitrogen and oxygen atoms in total. The fourth-order valence-electron chi connectivity index (χ4n) is 3.33. The first-order valence-electron chi connectivity index (χ1n) is 9.67. The Hall–Kier alpha value is -4.24. The molecule has 1 amide bonds. The zero-order chi connectivity index (χ0) is 22.2. The van der Waals surface area contributed by atoms with Crippen molar-refractivity contribution in [2.45, 2.75) is 6.92 Å². The number of H-pyrrole nitrogens is 1. The zero-order valence-corrected chi connectivity index (χ0v) is 17.5. The molecule has 158 valence electrons. The van der Waals surface area contributed by atoms with Gasteiger partial charge in [-0.3, -0.25) is 14.6 Å². The molecule has 0 saturated carbocycles. The minimum Gasteiger partial charge on any atom is -0.306 e. The van der Waals surface area contributed by atoms with Gasteiger partial charge in [0.05, 0.1) is 17.6 Å². The molecule has 0 fully saturated rings. The van der Waals surface area contributed by atoms with Gasteiger partial charge in [0.1, 0.15) is 11.2 Å². The molecule has 10 heteroatoms. The molecule has 2 aromatic carbocycles. The summed E-state index contributed by atoms with van der Waals surface area (Å²) in [5.41, 5.74) is 1.79. The van der Waals surface area contributed by atoms with Gasteiger partial charge in [-0.1, -0.05) is 35.9 Å². The molecule has 5 aromatic rings. The van der Waals surface area contributed by atoms with Crippen molar-refractivity contribution in [3.8, 4) is 11.6 Å². The Kier molecular flexibility index (Phi) is 4.79. The highest BCUT2D eigenvalue weighted by atomic mass is 35.5. The molecule has 3 aromatic heterocycles. The van der Waals surface area contributed by atoms with E-state index >= 15 is 0 Å². The largest absolute Gasteiger partial charge is 0.306 e. The highest BCUT2D eigenvalue weighted by Gasteiger charge is 2.17. The molecule has 0 saturated heterocycles. The van der Waals surface area contributed by atoms with Crippen molar-refractivity contribution < 1.29 is 4.79 Å². The van der Waals surface area contributed by atoms with E-state index in [1.165, 1.54) is 10.9 Å². The lowest BCUT2D eigenvalue weighted by atomic mass is 10.2. The smallest absolute Gasteiger partial charge is 0.263 e. The number of rotatable bonds is 4. The second-order valence-electron chi connectivity index (χ2n) is 7.07. The van der Waals surface area contributed by atoms with E-state index in [-0.39, 0.29) is 17.4 Å². The van der Waals surface area contributed by atoms with Crippen LogP contribution in [0.2, 0.25) is 5.02 Å². The average molecular weight is 446 g/mol. The van der Waals surface area contributed by atoms with Gasteiger partial charge in [-0.15, -0.1) is 0 Å². The number of hydrogen-bond acceptors (Lipinski definition) is 5. The Balaban J connectivity index is 1.59. The van der Waals surface area contributed by atoms with Crippen LogP contribution in [0.5, 0.6) is 0 Å². The first-order chi connectivity index (χ1) is 15.5. The lowest BCUT2D eigenvalue weighted by Gasteiger charge is -2.09. The van der Waals surface area contributed by atoms with E-state index in [0.717, 1.165) is 5.69 Å². The zero-order valence-electron chi connectivity index (χ0n) is 16.8. The lowest BCUT2D eigenvalue weighted by molar-refractivity contribution is 0.102. The lowest BCUT2D eigenvalue weighted by Crippen LogP contribution is -2.19. The Morgan fingerprint density at radius 2 is 1.88 bits per heavy atom. The van der Waals surface area contributed by atoms with Crippen molar-refractivity contribution >= 4 is 34.4 Å². The molecule has 0 spiro atoms. The van der Waals surface area contributed by atoms with Crippen LogP contribution >= 0.6 is 11.6 Å². The Labute approximate surface area is 186 Å². The minimum atomic E-state index is -0.369. The van der Waals surface area contributed by atoms with Gasteiger partial charge in [0, 0.05) is 16.7 Å². The molecule has 0 atom stereocenters. The van der Waals surface area contributed by atoms with Crippen molar-refractivity contribution in [3.05, 3.63) is 93.5 Å². The van der Waals surface area contributed by atoms with Crippen molar-refractivity contribution in [1.82, 2.24) is 29.5 Å². The van der Waals surface area contributed by atoms with E-state index in [1.807, 2.05) is 30.3 Å². The summed E-state index contributed by atoms with van der Waals surface area (Å²) < 4.78 is 2.95. The third-order valence-electron chi connectivity index (χ3n) is 4.79. The summed E-state index contributed by atoms with van der Waals surface area (Å²) in [6, 6.07) is 17.6. The number of fused-ring (bicyclic) bond motifs is 1. The molecular weight excluding hydrogens is 430 g/mol. The van der Waals surface area contributed by atoms with Crippen LogP contribution in [0.3, 0.4) is 0 Å². The summed E-state index contributed by atoms with van der Waals surface area (Å²) >= 11 is 6.00. The molecule has 3 heterocycles. The van der Waals surface area contributed by atoms with Crippen LogP contribution in [0.1, 0.15) is 16.1 Å². The van der Waals surface area contributed by atoms with Crippen molar-refractivity contribution in [2.24, 2.45) is 0 Å². The third-order valence-corrected chi connectivity index (χ3v) is 5.02. The molecule has 5 rings (SSSR count).